The predicted molar refractivity (Wildman–Crippen MR) is 46.9 cm³/mol. The van der Waals surface area contributed by atoms with Gasteiger partial charge in [0.15, 0.2) is 0 Å². The molecule has 1 rings (SSSR count). The molecule has 0 saturated carbocycles. The monoisotopic (exact) mass is 202 g/mol. The summed E-state index contributed by atoms with van der Waals surface area (Å²) >= 11 is 0. The standard InChI is InChI=1S/C10H9F3O/c11-10(12,13)9-5-1-3-8(7-9)4-2-6-14/h1-3,5-7,14H,4H2. The number of hydrogen-bond donors (Lipinski definition) is 1. The molecule has 1 aromatic carbocycles. The average Bonchev–Trinajstić information content (AvgIpc) is 2.14. The molecule has 1 aromatic rings. The Hall–Kier alpha value is -1.45. The Morgan fingerprint density at radius 2 is 2.00 bits per heavy atom. The van der Waals surface area contributed by atoms with Crippen LogP contribution >= 0.6 is 0 Å². The smallest absolute Gasteiger partial charge is 0.416 e. The molecule has 0 fully saturated rings. The van der Waals surface area contributed by atoms with Crippen molar-refractivity contribution in [2.75, 3.05) is 0 Å². The summed E-state index contributed by atoms with van der Waals surface area (Å²) < 4.78 is 36.7. The lowest BCUT2D eigenvalue weighted by Gasteiger charge is -2.07. The first kappa shape index (κ1) is 10.6. The fourth-order valence-electron chi connectivity index (χ4n) is 1.06. The number of halogens is 3. The number of rotatable bonds is 2. The van der Waals surface area contributed by atoms with E-state index in [0.717, 1.165) is 18.4 Å². The van der Waals surface area contributed by atoms with Crippen LogP contribution in [0.25, 0.3) is 0 Å². The van der Waals surface area contributed by atoms with Gasteiger partial charge in [-0.1, -0.05) is 18.2 Å². The normalized spacial score (nSPS) is 12.2. The van der Waals surface area contributed by atoms with Crippen molar-refractivity contribution in [3.63, 3.8) is 0 Å². The van der Waals surface area contributed by atoms with E-state index in [0.29, 0.717) is 12.0 Å². The first-order valence-electron chi connectivity index (χ1n) is 3.99. The summed E-state index contributed by atoms with van der Waals surface area (Å²) in [5, 5.41) is 8.35. The molecule has 0 heterocycles. The molecule has 0 unspecified atom stereocenters. The van der Waals surface area contributed by atoms with E-state index in [9.17, 15) is 13.2 Å². The first-order chi connectivity index (χ1) is 6.54. The third-order valence-corrected chi connectivity index (χ3v) is 1.71. The van der Waals surface area contributed by atoms with Crippen LogP contribution in [-0.4, -0.2) is 5.11 Å². The molecular weight excluding hydrogens is 193 g/mol. The Bertz CT molecular complexity index is 328. The van der Waals surface area contributed by atoms with Crippen molar-refractivity contribution in [2.24, 2.45) is 0 Å². The lowest BCUT2D eigenvalue weighted by atomic mass is 10.1. The van der Waals surface area contributed by atoms with Crippen molar-refractivity contribution in [1.29, 1.82) is 0 Å². The molecule has 0 bridgehead atoms. The number of alkyl halides is 3. The lowest BCUT2D eigenvalue weighted by Crippen LogP contribution is -2.04. The Labute approximate surface area is 79.5 Å². The molecule has 4 heteroatoms. The fraction of sp³-hybridized carbons (Fsp3) is 0.200. The molecule has 14 heavy (non-hydrogen) atoms. The second-order valence-electron chi connectivity index (χ2n) is 2.79. The minimum Gasteiger partial charge on any atom is -0.516 e. The van der Waals surface area contributed by atoms with Gasteiger partial charge >= 0.3 is 6.18 Å². The third-order valence-electron chi connectivity index (χ3n) is 1.71. The molecular formula is C10H9F3O. The van der Waals surface area contributed by atoms with Gasteiger partial charge in [-0.25, -0.2) is 0 Å². The highest BCUT2D eigenvalue weighted by atomic mass is 19.4. The zero-order valence-corrected chi connectivity index (χ0v) is 7.25. The van der Waals surface area contributed by atoms with E-state index >= 15 is 0 Å². The van der Waals surface area contributed by atoms with E-state index in [2.05, 4.69) is 0 Å². The molecule has 1 N–H and O–H groups in total. The summed E-state index contributed by atoms with van der Waals surface area (Å²) in [4.78, 5) is 0. The van der Waals surface area contributed by atoms with E-state index in [-0.39, 0.29) is 0 Å². The maximum Gasteiger partial charge on any atom is 0.416 e. The van der Waals surface area contributed by atoms with Gasteiger partial charge < -0.3 is 5.11 Å². The third kappa shape index (κ3) is 2.80. The molecule has 0 aliphatic rings. The average molecular weight is 202 g/mol. The summed E-state index contributed by atoms with van der Waals surface area (Å²) in [7, 11) is 0. The molecule has 0 radical (unpaired) electrons. The molecule has 0 atom stereocenters. The van der Waals surface area contributed by atoms with Gasteiger partial charge in [0.05, 0.1) is 11.8 Å². The number of benzene rings is 1. The number of aliphatic hydroxyl groups is 1. The number of hydrogen-bond acceptors (Lipinski definition) is 1. The van der Waals surface area contributed by atoms with Crippen LogP contribution in [0.1, 0.15) is 11.1 Å². The summed E-state index contributed by atoms with van der Waals surface area (Å²) in [6.45, 7) is 0. The molecule has 76 valence electrons. The number of allylic oxidation sites excluding steroid dienone is 1. The predicted octanol–water partition coefficient (Wildman–Crippen LogP) is 3.32. The second-order valence-corrected chi connectivity index (χ2v) is 2.79. The quantitative estimate of drug-likeness (QED) is 0.729. The van der Waals surface area contributed by atoms with Crippen LogP contribution in [-0.2, 0) is 12.6 Å². The van der Waals surface area contributed by atoms with Crippen molar-refractivity contribution in [1.82, 2.24) is 0 Å². The molecule has 0 saturated heterocycles. The van der Waals surface area contributed by atoms with Crippen LogP contribution in [0, 0.1) is 0 Å². The van der Waals surface area contributed by atoms with Crippen LogP contribution in [0.5, 0.6) is 0 Å². The molecule has 0 amide bonds. The van der Waals surface area contributed by atoms with Crippen molar-refractivity contribution in [3.8, 4) is 0 Å². The minimum absolute atomic E-state index is 0.292. The van der Waals surface area contributed by atoms with Crippen molar-refractivity contribution < 1.29 is 18.3 Å². The maximum absolute atomic E-state index is 12.2. The second kappa shape index (κ2) is 4.17. The zero-order valence-electron chi connectivity index (χ0n) is 7.25. The minimum atomic E-state index is -4.31. The van der Waals surface area contributed by atoms with Gasteiger partial charge in [0.25, 0.3) is 0 Å². The van der Waals surface area contributed by atoms with E-state index in [1.807, 2.05) is 0 Å². The van der Waals surface area contributed by atoms with Crippen LogP contribution in [0.4, 0.5) is 13.2 Å². The zero-order chi connectivity index (χ0) is 10.6. The van der Waals surface area contributed by atoms with E-state index in [1.165, 1.54) is 12.1 Å². The molecule has 0 aliphatic heterocycles. The van der Waals surface area contributed by atoms with Crippen molar-refractivity contribution in [2.45, 2.75) is 12.6 Å². The Morgan fingerprint density at radius 1 is 1.29 bits per heavy atom. The SMILES string of the molecule is OC=CCc1cccc(C(F)(F)F)c1. The van der Waals surface area contributed by atoms with Gasteiger partial charge in [-0.2, -0.15) is 13.2 Å². The van der Waals surface area contributed by atoms with Crippen LogP contribution < -0.4 is 0 Å². The highest BCUT2D eigenvalue weighted by Gasteiger charge is 2.30. The molecule has 0 aromatic heterocycles. The fourth-order valence-corrected chi connectivity index (χ4v) is 1.06. The summed E-state index contributed by atoms with van der Waals surface area (Å²) in [5.74, 6) is 0. The molecule has 0 aliphatic carbocycles. The number of aliphatic hydroxyl groups excluding tert-OH is 1. The highest BCUT2D eigenvalue weighted by Crippen LogP contribution is 2.29. The van der Waals surface area contributed by atoms with Crippen LogP contribution in [0.3, 0.4) is 0 Å². The van der Waals surface area contributed by atoms with Gasteiger partial charge in [-0.3, -0.25) is 0 Å². The van der Waals surface area contributed by atoms with Crippen LogP contribution in [0.2, 0.25) is 0 Å². The van der Waals surface area contributed by atoms with Gasteiger partial charge in [0, 0.05) is 0 Å². The first-order valence-corrected chi connectivity index (χ1v) is 3.99. The Kier molecular flexibility index (Phi) is 3.17. The van der Waals surface area contributed by atoms with Crippen molar-refractivity contribution >= 4 is 0 Å². The van der Waals surface area contributed by atoms with Gasteiger partial charge in [-0.05, 0) is 24.1 Å². The van der Waals surface area contributed by atoms with Crippen molar-refractivity contribution in [3.05, 3.63) is 47.7 Å². The molecule has 1 nitrogen and oxygen atoms in total. The van der Waals surface area contributed by atoms with Gasteiger partial charge in [0.2, 0.25) is 0 Å². The van der Waals surface area contributed by atoms with E-state index in [4.69, 9.17) is 5.11 Å². The van der Waals surface area contributed by atoms with E-state index in [1.54, 1.807) is 6.07 Å². The summed E-state index contributed by atoms with van der Waals surface area (Å²) in [6.07, 6.45) is -1.81. The van der Waals surface area contributed by atoms with E-state index < -0.39 is 11.7 Å². The van der Waals surface area contributed by atoms with Gasteiger partial charge in [-0.15, -0.1) is 0 Å². The topological polar surface area (TPSA) is 20.2 Å². The Balaban J connectivity index is 2.90. The lowest BCUT2D eigenvalue weighted by molar-refractivity contribution is -0.137. The largest absolute Gasteiger partial charge is 0.516 e. The maximum atomic E-state index is 12.2. The Morgan fingerprint density at radius 3 is 2.57 bits per heavy atom. The molecule has 0 spiro atoms. The highest BCUT2D eigenvalue weighted by molar-refractivity contribution is 5.26. The van der Waals surface area contributed by atoms with Gasteiger partial charge in [0.1, 0.15) is 0 Å². The van der Waals surface area contributed by atoms with Crippen LogP contribution in [0.15, 0.2) is 36.6 Å². The summed E-state index contributed by atoms with van der Waals surface area (Å²) in [6, 6.07) is 5.02. The summed E-state index contributed by atoms with van der Waals surface area (Å²) in [5.41, 5.74) is -0.147.